The normalized spacial score (nSPS) is 20.5. The van der Waals surface area contributed by atoms with Crippen LogP contribution in [0.1, 0.15) is 43.7 Å². The summed E-state index contributed by atoms with van der Waals surface area (Å²) in [6, 6.07) is 11.5. The van der Waals surface area contributed by atoms with Crippen molar-refractivity contribution in [2.75, 3.05) is 5.32 Å². The summed E-state index contributed by atoms with van der Waals surface area (Å²) >= 11 is 1.58. The van der Waals surface area contributed by atoms with E-state index in [1.807, 2.05) is 47.2 Å². The van der Waals surface area contributed by atoms with Crippen molar-refractivity contribution in [3.8, 4) is 5.69 Å². The molecule has 0 saturated carbocycles. The van der Waals surface area contributed by atoms with Gasteiger partial charge in [0.1, 0.15) is 5.82 Å². The van der Waals surface area contributed by atoms with Crippen LogP contribution in [0, 0.1) is 5.41 Å². The summed E-state index contributed by atoms with van der Waals surface area (Å²) in [5.41, 5.74) is 3.88. The highest BCUT2D eigenvalue weighted by Gasteiger charge is 2.43. The van der Waals surface area contributed by atoms with Gasteiger partial charge in [-0.3, -0.25) is 14.7 Å². The fourth-order valence-corrected chi connectivity index (χ4v) is 5.11. The van der Waals surface area contributed by atoms with Crippen molar-refractivity contribution < 1.29 is 4.79 Å². The maximum atomic E-state index is 13.4. The van der Waals surface area contributed by atoms with Crippen LogP contribution in [-0.4, -0.2) is 15.6 Å². The minimum atomic E-state index is -0.324. The summed E-state index contributed by atoms with van der Waals surface area (Å²) in [6.45, 7) is 4.23. The molecule has 142 valence electrons. The Hall–Kier alpha value is -2.86. The minimum absolute atomic E-state index is 0.0953. The Morgan fingerprint density at radius 2 is 1.89 bits per heavy atom. The summed E-state index contributed by atoms with van der Waals surface area (Å²) in [6.07, 6.45) is 1.29. The van der Waals surface area contributed by atoms with E-state index in [1.54, 1.807) is 16.0 Å². The third-order valence-electron chi connectivity index (χ3n) is 5.59. The van der Waals surface area contributed by atoms with E-state index in [2.05, 4.69) is 24.3 Å². The van der Waals surface area contributed by atoms with Crippen molar-refractivity contribution >= 4 is 22.9 Å². The van der Waals surface area contributed by atoms with Gasteiger partial charge >= 0.3 is 0 Å². The van der Waals surface area contributed by atoms with Gasteiger partial charge < -0.3 is 5.32 Å². The number of aromatic nitrogens is 2. The predicted molar refractivity (Wildman–Crippen MR) is 111 cm³/mol. The molecule has 0 unspecified atom stereocenters. The van der Waals surface area contributed by atoms with Crippen LogP contribution < -0.4 is 10.9 Å². The van der Waals surface area contributed by atoms with Crippen molar-refractivity contribution in [1.82, 2.24) is 9.78 Å². The number of carbonyl (C=O) groups is 1. The molecule has 28 heavy (non-hydrogen) atoms. The van der Waals surface area contributed by atoms with Crippen LogP contribution in [-0.2, 0) is 4.79 Å². The van der Waals surface area contributed by atoms with E-state index in [0.29, 0.717) is 17.8 Å². The highest BCUT2D eigenvalue weighted by Crippen LogP contribution is 2.48. The number of rotatable bonds is 2. The number of benzene rings is 1. The van der Waals surface area contributed by atoms with Gasteiger partial charge in [-0.1, -0.05) is 32.0 Å². The molecule has 6 heteroatoms. The fourth-order valence-electron chi connectivity index (χ4n) is 4.42. The third kappa shape index (κ3) is 2.59. The molecule has 0 bridgehead atoms. The van der Waals surface area contributed by atoms with E-state index < -0.39 is 0 Å². The molecule has 0 amide bonds. The Morgan fingerprint density at radius 1 is 1.11 bits per heavy atom. The standard InChI is InChI=1S/C22H21N3O2S/c1-22(2)10-15-18(16(26)11-22)17(13-8-9-28-12-13)19-20(23-15)24-25(21(19)27)14-6-4-3-5-7-14/h3-9,12,17,23-24H,10-11H2,1-2H3/t17-/m1/s1. The van der Waals surface area contributed by atoms with Crippen molar-refractivity contribution in [3.05, 3.63) is 79.9 Å². The quantitative estimate of drug-likeness (QED) is 0.679. The average Bonchev–Trinajstić information content (AvgIpc) is 3.28. The minimum Gasteiger partial charge on any atom is -0.343 e. The number of H-pyrrole nitrogens is 1. The monoisotopic (exact) mass is 391 g/mol. The lowest BCUT2D eigenvalue weighted by molar-refractivity contribution is -0.118. The molecule has 3 aromatic rings. The lowest BCUT2D eigenvalue weighted by Gasteiger charge is -2.37. The second kappa shape index (κ2) is 6.07. The van der Waals surface area contributed by atoms with E-state index in [4.69, 9.17) is 0 Å². The number of fused-ring (bicyclic) bond motifs is 1. The predicted octanol–water partition coefficient (Wildman–Crippen LogP) is 4.43. The van der Waals surface area contributed by atoms with Crippen molar-refractivity contribution in [2.45, 2.75) is 32.6 Å². The number of nitrogens with zero attached hydrogens (tertiary/aromatic N) is 1. The average molecular weight is 391 g/mol. The van der Waals surface area contributed by atoms with Crippen LogP contribution in [0.3, 0.4) is 0 Å². The summed E-state index contributed by atoms with van der Waals surface area (Å²) < 4.78 is 1.56. The summed E-state index contributed by atoms with van der Waals surface area (Å²) in [5, 5.41) is 10.7. The Morgan fingerprint density at radius 3 is 2.61 bits per heavy atom. The number of carbonyl (C=O) groups excluding carboxylic acids is 1. The molecule has 3 heterocycles. The molecule has 2 aromatic heterocycles. The Labute approximate surface area is 166 Å². The molecule has 5 nitrogen and oxygen atoms in total. The Bertz CT molecular complexity index is 1150. The number of para-hydroxylation sites is 1. The van der Waals surface area contributed by atoms with Crippen LogP contribution in [0.4, 0.5) is 5.82 Å². The third-order valence-corrected chi connectivity index (χ3v) is 6.29. The van der Waals surface area contributed by atoms with Crippen LogP contribution in [0.25, 0.3) is 5.69 Å². The van der Waals surface area contributed by atoms with Gasteiger partial charge in [-0.15, -0.1) is 0 Å². The van der Waals surface area contributed by atoms with E-state index in [-0.39, 0.29) is 22.7 Å². The number of hydrogen-bond donors (Lipinski definition) is 2. The lowest BCUT2D eigenvalue weighted by atomic mass is 9.69. The fraction of sp³-hybridized carbons (Fsp3) is 0.273. The van der Waals surface area contributed by atoms with Gasteiger partial charge in [0.05, 0.1) is 11.3 Å². The molecule has 0 saturated heterocycles. The molecule has 1 aliphatic carbocycles. The Balaban J connectivity index is 1.74. The van der Waals surface area contributed by atoms with E-state index in [1.165, 1.54) is 0 Å². The van der Waals surface area contributed by atoms with Crippen LogP contribution in [0.15, 0.2) is 63.2 Å². The molecular formula is C22H21N3O2S. The maximum absolute atomic E-state index is 13.4. The number of anilines is 1. The molecular weight excluding hydrogens is 370 g/mol. The first-order valence-electron chi connectivity index (χ1n) is 9.40. The van der Waals surface area contributed by atoms with E-state index >= 15 is 0 Å². The SMILES string of the molecule is CC1(C)CC(=O)C2=C(C1)Nc1[nH]n(-c3ccccc3)c(=O)c1[C@@H]2c1ccsc1. The molecule has 0 spiro atoms. The van der Waals surface area contributed by atoms with Crippen molar-refractivity contribution in [2.24, 2.45) is 5.41 Å². The van der Waals surface area contributed by atoms with Gasteiger partial charge in [0.2, 0.25) is 0 Å². The first-order valence-corrected chi connectivity index (χ1v) is 10.3. The molecule has 2 N–H and O–H groups in total. The number of thiophene rings is 1. The van der Waals surface area contributed by atoms with Crippen LogP contribution in [0.5, 0.6) is 0 Å². The number of allylic oxidation sites excluding steroid dienone is 2. The van der Waals surface area contributed by atoms with Crippen molar-refractivity contribution in [3.63, 3.8) is 0 Å². The molecule has 0 radical (unpaired) electrons. The molecule has 5 rings (SSSR count). The van der Waals surface area contributed by atoms with Gasteiger partial charge in [-0.05, 0) is 46.4 Å². The van der Waals surface area contributed by atoms with Crippen LogP contribution >= 0.6 is 11.3 Å². The zero-order chi connectivity index (χ0) is 19.5. The number of aromatic amines is 1. The first-order chi connectivity index (χ1) is 13.4. The highest BCUT2D eigenvalue weighted by atomic mass is 32.1. The summed E-state index contributed by atoms with van der Waals surface area (Å²) in [4.78, 5) is 26.5. The number of ketones is 1. The smallest absolute Gasteiger partial charge is 0.277 e. The molecule has 2 aliphatic rings. The highest BCUT2D eigenvalue weighted by molar-refractivity contribution is 7.08. The first kappa shape index (κ1) is 17.3. The summed E-state index contributed by atoms with van der Waals surface area (Å²) in [7, 11) is 0. The zero-order valence-corrected chi connectivity index (χ0v) is 16.6. The summed E-state index contributed by atoms with van der Waals surface area (Å²) in [5.74, 6) is 0.497. The van der Waals surface area contributed by atoms with Gasteiger partial charge in [0.25, 0.3) is 5.56 Å². The van der Waals surface area contributed by atoms with E-state index in [0.717, 1.165) is 28.9 Å². The molecule has 1 aliphatic heterocycles. The topological polar surface area (TPSA) is 66.9 Å². The van der Waals surface area contributed by atoms with Gasteiger partial charge in [-0.2, -0.15) is 11.3 Å². The second-order valence-electron chi connectivity index (χ2n) is 8.32. The van der Waals surface area contributed by atoms with E-state index in [9.17, 15) is 9.59 Å². The van der Waals surface area contributed by atoms with Gasteiger partial charge in [0.15, 0.2) is 5.78 Å². The number of hydrogen-bond acceptors (Lipinski definition) is 4. The van der Waals surface area contributed by atoms with Gasteiger partial charge in [0, 0.05) is 23.6 Å². The number of Topliss-reactive ketones (excluding diaryl/α,β-unsaturated/α-hetero) is 1. The number of nitrogens with one attached hydrogen (secondary N) is 2. The molecule has 0 fully saturated rings. The molecule has 1 atom stereocenters. The van der Waals surface area contributed by atoms with Crippen molar-refractivity contribution in [1.29, 1.82) is 0 Å². The molecule has 1 aromatic carbocycles. The van der Waals surface area contributed by atoms with Crippen LogP contribution in [0.2, 0.25) is 0 Å². The largest absolute Gasteiger partial charge is 0.343 e. The Kier molecular flexibility index (Phi) is 3.74. The maximum Gasteiger partial charge on any atom is 0.277 e. The zero-order valence-electron chi connectivity index (χ0n) is 15.8. The van der Waals surface area contributed by atoms with Gasteiger partial charge in [-0.25, -0.2) is 4.68 Å². The second-order valence-corrected chi connectivity index (χ2v) is 9.10. The lowest BCUT2D eigenvalue weighted by Crippen LogP contribution is -2.35.